The molecule has 20 heavy (non-hydrogen) atoms. The SMILES string of the molecule is CC1CCN=C(c2cccc(C3=NCCC(C)O3)c2)O1. The van der Waals surface area contributed by atoms with E-state index in [2.05, 4.69) is 23.8 Å². The van der Waals surface area contributed by atoms with Gasteiger partial charge in [0.05, 0.1) is 12.2 Å². The number of hydrogen-bond acceptors (Lipinski definition) is 4. The highest BCUT2D eigenvalue weighted by atomic mass is 16.5. The van der Waals surface area contributed by atoms with Gasteiger partial charge in [0.15, 0.2) is 0 Å². The molecule has 2 aliphatic heterocycles. The van der Waals surface area contributed by atoms with Crippen molar-refractivity contribution in [2.24, 2.45) is 9.98 Å². The Bertz CT molecular complexity index is 506. The Morgan fingerprint density at radius 2 is 1.40 bits per heavy atom. The second-order valence-corrected chi connectivity index (χ2v) is 5.39. The van der Waals surface area contributed by atoms with E-state index >= 15 is 0 Å². The minimum absolute atomic E-state index is 0.231. The van der Waals surface area contributed by atoms with Crippen LogP contribution >= 0.6 is 0 Å². The van der Waals surface area contributed by atoms with Gasteiger partial charge in [-0.3, -0.25) is 9.98 Å². The van der Waals surface area contributed by atoms with Gasteiger partial charge in [-0.15, -0.1) is 0 Å². The molecule has 0 aromatic heterocycles. The molecule has 106 valence electrons. The highest BCUT2D eigenvalue weighted by molar-refractivity contribution is 6.00. The monoisotopic (exact) mass is 272 g/mol. The summed E-state index contributed by atoms with van der Waals surface area (Å²) in [5.41, 5.74) is 2.00. The number of hydrogen-bond donors (Lipinski definition) is 0. The van der Waals surface area contributed by atoms with Crippen LogP contribution in [0.25, 0.3) is 0 Å². The van der Waals surface area contributed by atoms with Gasteiger partial charge in [0.2, 0.25) is 11.8 Å². The van der Waals surface area contributed by atoms with E-state index in [1.165, 1.54) is 0 Å². The lowest BCUT2D eigenvalue weighted by molar-refractivity contribution is 0.186. The van der Waals surface area contributed by atoms with Crippen molar-refractivity contribution < 1.29 is 9.47 Å². The molecule has 0 saturated heterocycles. The van der Waals surface area contributed by atoms with Gasteiger partial charge in [-0.25, -0.2) is 0 Å². The molecule has 4 heteroatoms. The van der Waals surface area contributed by atoms with Crippen LogP contribution in [0.3, 0.4) is 0 Å². The van der Waals surface area contributed by atoms with E-state index in [0.29, 0.717) is 0 Å². The molecule has 2 heterocycles. The second-order valence-electron chi connectivity index (χ2n) is 5.39. The van der Waals surface area contributed by atoms with Crippen molar-refractivity contribution in [3.8, 4) is 0 Å². The van der Waals surface area contributed by atoms with E-state index in [9.17, 15) is 0 Å². The Morgan fingerprint density at radius 3 is 1.85 bits per heavy atom. The van der Waals surface area contributed by atoms with Crippen LogP contribution in [0.2, 0.25) is 0 Å². The molecule has 0 saturated carbocycles. The van der Waals surface area contributed by atoms with Crippen molar-refractivity contribution >= 4 is 11.8 Å². The Morgan fingerprint density at radius 1 is 0.900 bits per heavy atom. The summed E-state index contributed by atoms with van der Waals surface area (Å²) in [5, 5.41) is 0. The zero-order chi connectivity index (χ0) is 13.9. The first-order chi connectivity index (χ1) is 9.72. The summed E-state index contributed by atoms with van der Waals surface area (Å²) in [6.45, 7) is 5.81. The maximum Gasteiger partial charge on any atom is 0.216 e. The predicted octanol–water partition coefficient (Wildman–Crippen LogP) is 2.80. The standard InChI is InChI=1S/C16H20N2O2/c1-11-6-8-17-15(19-11)13-4-3-5-14(10-13)16-18-9-7-12(2)20-16/h3-5,10-12H,6-9H2,1-2H3. The van der Waals surface area contributed by atoms with Crippen molar-refractivity contribution in [1.29, 1.82) is 0 Å². The van der Waals surface area contributed by atoms with Crippen LogP contribution in [0.4, 0.5) is 0 Å². The number of ether oxygens (including phenoxy) is 2. The number of rotatable bonds is 2. The Hall–Kier alpha value is -1.84. The lowest BCUT2D eigenvalue weighted by atomic mass is 10.1. The van der Waals surface area contributed by atoms with E-state index in [-0.39, 0.29) is 12.2 Å². The fraction of sp³-hybridized carbons (Fsp3) is 0.500. The first-order valence-corrected chi connectivity index (χ1v) is 7.25. The second kappa shape index (κ2) is 5.65. The van der Waals surface area contributed by atoms with Crippen molar-refractivity contribution in [3.05, 3.63) is 35.4 Å². The fourth-order valence-electron chi connectivity index (χ4n) is 2.37. The Kier molecular flexibility index (Phi) is 3.72. The summed E-state index contributed by atoms with van der Waals surface area (Å²) in [7, 11) is 0. The molecule has 2 unspecified atom stereocenters. The quantitative estimate of drug-likeness (QED) is 0.831. The van der Waals surface area contributed by atoms with E-state index in [0.717, 1.165) is 48.9 Å². The minimum atomic E-state index is 0.231. The molecule has 4 nitrogen and oxygen atoms in total. The molecular weight excluding hydrogens is 252 g/mol. The van der Waals surface area contributed by atoms with Gasteiger partial charge in [0, 0.05) is 37.1 Å². The van der Waals surface area contributed by atoms with Crippen molar-refractivity contribution in [3.63, 3.8) is 0 Å². The summed E-state index contributed by atoms with van der Waals surface area (Å²) in [6, 6.07) is 8.09. The molecule has 2 aliphatic rings. The number of nitrogens with zero attached hydrogens (tertiary/aromatic N) is 2. The van der Waals surface area contributed by atoms with Crippen LogP contribution in [-0.2, 0) is 9.47 Å². The first kappa shape index (κ1) is 13.2. The summed E-state index contributed by atoms with van der Waals surface area (Å²) >= 11 is 0. The first-order valence-electron chi connectivity index (χ1n) is 7.25. The van der Waals surface area contributed by atoms with Gasteiger partial charge in [0.1, 0.15) is 0 Å². The maximum atomic E-state index is 5.81. The summed E-state index contributed by atoms with van der Waals surface area (Å²) in [4.78, 5) is 8.93. The van der Waals surface area contributed by atoms with E-state index in [1.54, 1.807) is 0 Å². The smallest absolute Gasteiger partial charge is 0.216 e. The highest BCUT2D eigenvalue weighted by Gasteiger charge is 2.18. The van der Waals surface area contributed by atoms with Crippen LogP contribution < -0.4 is 0 Å². The van der Waals surface area contributed by atoms with Crippen molar-refractivity contribution in [1.82, 2.24) is 0 Å². The van der Waals surface area contributed by atoms with Crippen LogP contribution in [0.1, 0.15) is 37.8 Å². The molecule has 1 aromatic rings. The molecule has 0 amide bonds. The van der Waals surface area contributed by atoms with Gasteiger partial charge in [-0.1, -0.05) is 6.07 Å². The topological polar surface area (TPSA) is 43.2 Å². The van der Waals surface area contributed by atoms with Gasteiger partial charge in [-0.2, -0.15) is 0 Å². The molecule has 0 fully saturated rings. The molecule has 3 rings (SSSR count). The fourth-order valence-corrected chi connectivity index (χ4v) is 2.37. The molecule has 1 aromatic carbocycles. The molecular formula is C16H20N2O2. The van der Waals surface area contributed by atoms with Crippen LogP contribution in [0.5, 0.6) is 0 Å². The molecule has 2 atom stereocenters. The van der Waals surface area contributed by atoms with Crippen molar-refractivity contribution in [2.75, 3.05) is 13.1 Å². The molecule has 0 radical (unpaired) electrons. The van der Waals surface area contributed by atoms with Crippen LogP contribution in [0.15, 0.2) is 34.3 Å². The van der Waals surface area contributed by atoms with Crippen LogP contribution in [-0.4, -0.2) is 37.1 Å². The number of benzene rings is 1. The van der Waals surface area contributed by atoms with E-state index < -0.39 is 0 Å². The zero-order valence-electron chi connectivity index (χ0n) is 12.0. The minimum Gasteiger partial charge on any atom is -0.474 e. The summed E-state index contributed by atoms with van der Waals surface area (Å²) in [6.07, 6.45) is 2.43. The maximum absolute atomic E-state index is 5.81. The normalized spacial score (nSPS) is 26.1. The van der Waals surface area contributed by atoms with E-state index in [1.807, 2.05) is 24.3 Å². The van der Waals surface area contributed by atoms with Gasteiger partial charge >= 0.3 is 0 Å². The lowest BCUT2D eigenvalue weighted by Gasteiger charge is -2.22. The van der Waals surface area contributed by atoms with Gasteiger partial charge in [-0.05, 0) is 32.0 Å². The van der Waals surface area contributed by atoms with Crippen molar-refractivity contribution in [2.45, 2.75) is 38.9 Å². The Balaban J connectivity index is 1.86. The van der Waals surface area contributed by atoms with E-state index in [4.69, 9.17) is 9.47 Å². The largest absolute Gasteiger partial charge is 0.474 e. The van der Waals surface area contributed by atoms with Crippen LogP contribution in [0, 0.1) is 0 Å². The third kappa shape index (κ3) is 2.84. The van der Waals surface area contributed by atoms with Gasteiger partial charge in [0.25, 0.3) is 0 Å². The molecule has 0 bridgehead atoms. The Labute approximate surface area is 119 Å². The average Bonchev–Trinajstić information content (AvgIpc) is 2.47. The highest BCUT2D eigenvalue weighted by Crippen LogP contribution is 2.17. The lowest BCUT2D eigenvalue weighted by Crippen LogP contribution is -2.24. The zero-order valence-corrected chi connectivity index (χ0v) is 12.0. The third-order valence-corrected chi connectivity index (χ3v) is 3.56. The van der Waals surface area contributed by atoms with Gasteiger partial charge < -0.3 is 9.47 Å². The summed E-state index contributed by atoms with van der Waals surface area (Å²) < 4.78 is 11.6. The molecule has 0 N–H and O–H groups in total. The number of aliphatic imine (C=N–C) groups is 2. The summed E-state index contributed by atoms with van der Waals surface area (Å²) in [5.74, 6) is 1.46. The molecule has 0 spiro atoms. The predicted molar refractivity (Wildman–Crippen MR) is 79.6 cm³/mol. The average molecular weight is 272 g/mol. The third-order valence-electron chi connectivity index (χ3n) is 3.56. The molecule has 0 aliphatic carbocycles.